The monoisotopic (exact) mass is 176 g/mol. The van der Waals surface area contributed by atoms with Gasteiger partial charge in [-0.25, -0.2) is 9.97 Å². The van der Waals surface area contributed by atoms with Crippen LogP contribution in [-0.4, -0.2) is 29.0 Å². The van der Waals surface area contributed by atoms with Crippen LogP contribution in [0.5, 0.6) is 0 Å². The molecule has 0 aliphatic heterocycles. The van der Waals surface area contributed by atoms with E-state index in [-0.39, 0.29) is 0 Å². The number of fused-ring (bicyclic) bond motifs is 1. The van der Waals surface area contributed by atoms with Crippen LogP contribution in [0.1, 0.15) is 5.82 Å². The maximum Gasteiger partial charge on any atom is 0.179 e. The Balaban J connectivity index is 2.61. The van der Waals surface area contributed by atoms with Crippen molar-refractivity contribution >= 4 is 17.0 Å². The van der Waals surface area contributed by atoms with Crippen molar-refractivity contribution in [2.75, 3.05) is 19.0 Å². The molecule has 2 aromatic rings. The van der Waals surface area contributed by atoms with E-state index in [0.717, 1.165) is 22.8 Å². The van der Waals surface area contributed by atoms with Gasteiger partial charge in [0.05, 0.1) is 5.52 Å². The molecule has 2 rings (SSSR count). The molecule has 0 atom stereocenters. The predicted octanol–water partition coefficient (Wildman–Crippen LogP) is 1.33. The van der Waals surface area contributed by atoms with E-state index in [4.69, 9.17) is 0 Å². The first-order valence-electron chi connectivity index (χ1n) is 4.17. The molecule has 0 aliphatic rings. The molecule has 13 heavy (non-hydrogen) atoms. The van der Waals surface area contributed by atoms with E-state index in [1.54, 1.807) is 0 Å². The maximum absolute atomic E-state index is 4.38. The van der Waals surface area contributed by atoms with Crippen molar-refractivity contribution in [2.24, 2.45) is 0 Å². The zero-order valence-electron chi connectivity index (χ0n) is 8.00. The summed E-state index contributed by atoms with van der Waals surface area (Å²) in [6, 6.07) is 3.97. The zero-order chi connectivity index (χ0) is 9.42. The number of anilines is 1. The number of aromatic amines is 1. The smallest absolute Gasteiger partial charge is 0.179 e. The highest BCUT2D eigenvalue weighted by atomic mass is 15.1. The standard InChI is InChI=1S/C9H12N4/c1-6-10-7-4-5-8(13(2)3)12-9(7)11-6/h4-5H,1-3H3,(H,10,11,12). The van der Waals surface area contributed by atoms with Gasteiger partial charge < -0.3 is 9.88 Å². The second-order valence-electron chi connectivity index (χ2n) is 3.26. The number of aromatic nitrogens is 3. The summed E-state index contributed by atoms with van der Waals surface area (Å²) in [6.07, 6.45) is 0. The topological polar surface area (TPSA) is 44.8 Å². The molecule has 0 radical (unpaired) electrons. The molecule has 0 fully saturated rings. The van der Waals surface area contributed by atoms with Crippen LogP contribution in [-0.2, 0) is 0 Å². The van der Waals surface area contributed by atoms with E-state index >= 15 is 0 Å². The molecule has 0 spiro atoms. The molecule has 4 nitrogen and oxygen atoms in total. The van der Waals surface area contributed by atoms with Gasteiger partial charge in [-0.2, -0.15) is 0 Å². The lowest BCUT2D eigenvalue weighted by atomic mass is 10.4. The third-order valence-corrected chi connectivity index (χ3v) is 1.91. The summed E-state index contributed by atoms with van der Waals surface area (Å²) < 4.78 is 0. The Morgan fingerprint density at radius 1 is 1.23 bits per heavy atom. The molecule has 0 saturated heterocycles. The van der Waals surface area contributed by atoms with Crippen molar-refractivity contribution in [3.63, 3.8) is 0 Å². The number of hydrogen-bond donors (Lipinski definition) is 1. The number of aryl methyl sites for hydroxylation is 1. The highest BCUT2D eigenvalue weighted by Gasteiger charge is 2.02. The van der Waals surface area contributed by atoms with Gasteiger partial charge in [-0.3, -0.25) is 0 Å². The van der Waals surface area contributed by atoms with Crippen LogP contribution < -0.4 is 4.90 Å². The minimum absolute atomic E-state index is 0.781. The largest absolute Gasteiger partial charge is 0.363 e. The summed E-state index contributed by atoms with van der Waals surface area (Å²) in [4.78, 5) is 13.7. The molecule has 0 bridgehead atoms. The Labute approximate surface area is 76.6 Å². The van der Waals surface area contributed by atoms with Crippen molar-refractivity contribution in [3.8, 4) is 0 Å². The molecule has 0 aromatic carbocycles. The molecule has 4 heteroatoms. The van der Waals surface area contributed by atoms with Gasteiger partial charge in [-0.15, -0.1) is 0 Å². The van der Waals surface area contributed by atoms with Crippen molar-refractivity contribution in [2.45, 2.75) is 6.92 Å². The Morgan fingerprint density at radius 2 is 2.00 bits per heavy atom. The Morgan fingerprint density at radius 3 is 2.69 bits per heavy atom. The molecule has 2 heterocycles. The fourth-order valence-corrected chi connectivity index (χ4v) is 1.25. The van der Waals surface area contributed by atoms with Gasteiger partial charge in [0, 0.05) is 14.1 Å². The van der Waals surface area contributed by atoms with Gasteiger partial charge in [-0.1, -0.05) is 0 Å². The van der Waals surface area contributed by atoms with E-state index in [2.05, 4.69) is 15.0 Å². The van der Waals surface area contributed by atoms with E-state index in [1.807, 2.05) is 38.1 Å². The minimum Gasteiger partial charge on any atom is -0.363 e. The molecule has 0 saturated carbocycles. The summed E-state index contributed by atoms with van der Waals surface area (Å²) in [5.41, 5.74) is 1.77. The molecule has 1 N–H and O–H groups in total. The van der Waals surface area contributed by atoms with Gasteiger partial charge >= 0.3 is 0 Å². The average molecular weight is 176 g/mol. The van der Waals surface area contributed by atoms with Crippen LogP contribution in [0, 0.1) is 6.92 Å². The van der Waals surface area contributed by atoms with Gasteiger partial charge in [0.25, 0.3) is 0 Å². The fourth-order valence-electron chi connectivity index (χ4n) is 1.25. The van der Waals surface area contributed by atoms with Crippen LogP contribution in [0.15, 0.2) is 12.1 Å². The highest BCUT2D eigenvalue weighted by Crippen LogP contribution is 2.13. The van der Waals surface area contributed by atoms with E-state index in [0.29, 0.717) is 0 Å². The predicted molar refractivity (Wildman–Crippen MR) is 53.0 cm³/mol. The van der Waals surface area contributed by atoms with Crippen LogP contribution in [0.4, 0.5) is 5.82 Å². The number of rotatable bonds is 1. The van der Waals surface area contributed by atoms with Crippen molar-refractivity contribution < 1.29 is 0 Å². The lowest BCUT2D eigenvalue weighted by Gasteiger charge is -2.09. The Hall–Kier alpha value is -1.58. The minimum atomic E-state index is 0.781. The number of pyridine rings is 1. The molecule has 0 aliphatic carbocycles. The van der Waals surface area contributed by atoms with Gasteiger partial charge in [0.15, 0.2) is 5.65 Å². The highest BCUT2D eigenvalue weighted by molar-refractivity contribution is 5.72. The van der Waals surface area contributed by atoms with Gasteiger partial charge in [-0.05, 0) is 19.1 Å². The van der Waals surface area contributed by atoms with Crippen LogP contribution >= 0.6 is 0 Å². The fraction of sp³-hybridized carbons (Fsp3) is 0.333. The van der Waals surface area contributed by atoms with E-state index in [9.17, 15) is 0 Å². The summed E-state index contributed by atoms with van der Waals surface area (Å²) >= 11 is 0. The van der Waals surface area contributed by atoms with Crippen LogP contribution in [0.2, 0.25) is 0 Å². The van der Waals surface area contributed by atoms with Gasteiger partial charge in [0.2, 0.25) is 0 Å². The number of hydrogen-bond acceptors (Lipinski definition) is 3. The Bertz CT molecular complexity index is 430. The molecular weight excluding hydrogens is 164 g/mol. The second kappa shape index (κ2) is 2.73. The second-order valence-corrected chi connectivity index (χ2v) is 3.26. The normalized spacial score (nSPS) is 10.7. The summed E-state index contributed by atoms with van der Waals surface area (Å²) in [5, 5.41) is 0. The SMILES string of the molecule is Cc1nc2nc(N(C)C)ccc2[nH]1. The number of nitrogens with zero attached hydrogens (tertiary/aromatic N) is 3. The van der Waals surface area contributed by atoms with Crippen molar-refractivity contribution in [1.29, 1.82) is 0 Å². The number of nitrogens with one attached hydrogen (secondary N) is 1. The summed E-state index contributed by atoms with van der Waals surface area (Å²) in [6.45, 7) is 1.93. The molecular formula is C9H12N4. The third-order valence-electron chi connectivity index (χ3n) is 1.91. The third kappa shape index (κ3) is 1.35. The van der Waals surface area contributed by atoms with Crippen LogP contribution in [0.25, 0.3) is 11.2 Å². The first-order chi connectivity index (χ1) is 6.16. The lowest BCUT2D eigenvalue weighted by molar-refractivity contribution is 1.07. The molecule has 0 amide bonds. The lowest BCUT2D eigenvalue weighted by Crippen LogP contribution is -2.10. The molecule has 0 unspecified atom stereocenters. The average Bonchev–Trinajstić information content (AvgIpc) is 2.42. The first kappa shape index (κ1) is 8.04. The Kier molecular flexibility index (Phi) is 1.69. The maximum atomic E-state index is 4.38. The van der Waals surface area contributed by atoms with E-state index < -0.39 is 0 Å². The van der Waals surface area contributed by atoms with Crippen LogP contribution in [0.3, 0.4) is 0 Å². The van der Waals surface area contributed by atoms with Crippen molar-refractivity contribution in [3.05, 3.63) is 18.0 Å². The van der Waals surface area contributed by atoms with E-state index in [1.165, 1.54) is 0 Å². The van der Waals surface area contributed by atoms with Gasteiger partial charge in [0.1, 0.15) is 11.6 Å². The first-order valence-corrected chi connectivity index (χ1v) is 4.17. The number of imidazole rings is 1. The van der Waals surface area contributed by atoms with Crippen molar-refractivity contribution in [1.82, 2.24) is 15.0 Å². The summed E-state index contributed by atoms with van der Waals surface area (Å²) in [7, 11) is 3.93. The number of H-pyrrole nitrogens is 1. The molecule has 68 valence electrons. The zero-order valence-corrected chi connectivity index (χ0v) is 8.00. The quantitative estimate of drug-likeness (QED) is 0.713. The molecule has 2 aromatic heterocycles. The summed E-state index contributed by atoms with van der Waals surface area (Å²) in [5.74, 6) is 1.83.